The third-order valence-electron chi connectivity index (χ3n) is 4.21. The highest BCUT2D eigenvalue weighted by molar-refractivity contribution is 6.33. The Bertz CT molecular complexity index is 1120. The largest absolute Gasteiger partial charge is 0.417 e. The van der Waals surface area contributed by atoms with Gasteiger partial charge in [-0.15, -0.1) is 0 Å². The summed E-state index contributed by atoms with van der Waals surface area (Å²) in [6.07, 6.45) is -0.849. The van der Waals surface area contributed by atoms with E-state index < -0.39 is 46.4 Å². The number of alkyl halides is 5. The minimum absolute atomic E-state index is 0.308. The van der Waals surface area contributed by atoms with Gasteiger partial charge in [0.15, 0.2) is 0 Å². The number of carbonyl (C=O) groups excluding carboxylic acids is 1. The molecule has 4 nitrogen and oxygen atoms in total. The van der Waals surface area contributed by atoms with Gasteiger partial charge >= 0.3 is 12.1 Å². The van der Waals surface area contributed by atoms with Gasteiger partial charge in [-0.1, -0.05) is 35.3 Å². The van der Waals surface area contributed by atoms with E-state index in [0.717, 1.165) is 18.3 Å². The molecule has 0 aliphatic heterocycles. The molecule has 2 aromatic heterocycles. The van der Waals surface area contributed by atoms with Gasteiger partial charge in [0.1, 0.15) is 5.69 Å². The SMILES string of the molecule is O=C(NCC(F)(F)c1ncc(-c2cnccc2Cl)cc1Cl)c1ccccc1C(F)(F)F. The van der Waals surface area contributed by atoms with Gasteiger partial charge in [-0.3, -0.25) is 14.8 Å². The van der Waals surface area contributed by atoms with E-state index >= 15 is 0 Å². The number of amides is 1. The topological polar surface area (TPSA) is 54.9 Å². The Morgan fingerprint density at radius 1 is 1.00 bits per heavy atom. The highest BCUT2D eigenvalue weighted by Crippen LogP contribution is 2.36. The number of pyridine rings is 2. The van der Waals surface area contributed by atoms with Crippen molar-refractivity contribution in [2.45, 2.75) is 12.1 Å². The molecule has 0 saturated carbocycles. The van der Waals surface area contributed by atoms with Crippen LogP contribution in [0.15, 0.2) is 55.0 Å². The molecule has 1 aromatic carbocycles. The van der Waals surface area contributed by atoms with E-state index in [1.807, 2.05) is 5.32 Å². The molecule has 1 amide bonds. The molecule has 3 aromatic rings. The van der Waals surface area contributed by atoms with Crippen LogP contribution in [-0.4, -0.2) is 22.4 Å². The monoisotopic (exact) mass is 475 g/mol. The lowest BCUT2D eigenvalue weighted by Crippen LogP contribution is -2.36. The Morgan fingerprint density at radius 2 is 1.71 bits per heavy atom. The molecule has 0 bridgehead atoms. The molecule has 0 atom stereocenters. The van der Waals surface area contributed by atoms with Crippen LogP contribution in [0.25, 0.3) is 11.1 Å². The fourth-order valence-electron chi connectivity index (χ4n) is 2.74. The lowest BCUT2D eigenvalue weighted by molar-refractivity contribution is -0.137. The summed E-state index contributed by atoms with van der Waals surface area (Å²) < 4.78 is 68.3. The van der Waals surface area contributed by atoms with Gasteiger partial charge in [0.05, 0.1) is 27.7 Å². The third kappa shape index (κ3) is 5.11. The van der Waals surface area contributed by atoms with E-state index in [9.17, 15) is 26.7 Å². The number of benzene rings is 1. The smallest absolute Gasteiger partial charge is 0.346 e. The van der Waals surface area contributed by atoms with E-state index in [1.165, 1.54) is 30.6 Å². The molecule has 0 saturated heterocycles. The summed E-state index contributed by atoms with van der Waals surface area (Å²) in [5.41, 5.74) is -2.09. The van der Waals surface area contributed by atoms with Crippen molar-refractivity contribution >= 4 is 29.1 Å². The summed E-state index contributed by atoms with van der Waals surface area (Å²) in [7, 11) is 0. The van der Waals surface area contributed by atoms with Crippen LogP contribution in [0.1, 0.15) is 21.6 Å². The Morgan fingerprint density at radius 3 is 2.35 bits per heavy atom. The molecule has 31 heavy (non-hydrogen) atoms. The fourth-order valence-corrected chi connectivity index (χ4v) is 3.26. The van der Waals surface area contributed by atoms with E-state index in [1.54, 1.807) is 0 Å². The summed E-state index contributed by atoms with van der Waals surface area (Å²) in [5, 5.41) is 1.71. The highest BCUT2D eigenvalue weighted by Gasteiger charge is 2.38. The van der Waals surface area contributed by atoms with Gasteiger partial charge in [-0.25, -0.2) is 0 Å². The van der Waals surface area contributed by atoms with Crippen LogP contribution in [0.3, 0.4) is 0 Å². The van der Waals surface area contributed by atoms with E-state index in [-0.39, 0.29) is 0 Å². The van der Waals surface area contributed by atoms with Gasteiger partial charge < -0.3 is 5.32 Å². The Balaban J connectivity index is 1.80. The zero-order valence-corrected chi connectivity index (χ0v) is 16.9. The van der Waals surface area contributed by atoms with Crippen molar-refractivity contribution in [3.05, 3.63) is 81.9 Å². The van der Waals surface area contributed by atoms with Crippen molar-refractivity contribution in [3.63, 3.8) is 0 Å². The van der Waals surface area contributed by atoms with Crippen LogP contribution < -0.4 is 5.32 Å². The van der Waals surface area contributed by atoms with E-state index in [0.29, 0.717) is 22.2 Å². The van der Waals surface area contributed by atoms with Crippen LogP contribution >= 0.6 is 23.2 Å². The summed E-state index contributed by atoms with van der Waals surface area (Å²) >= 11 is 12.0. The molecule has 0 unspecified atom stereocenters. The first-order chi connectivity index (χ1) is 14.5. The first kappa shape index (κ1) is 22.9. The molecule has 2 heterocycles. The third-order valence-corrected chi connectivity index (χ3v) is 4.83. The minimum atomic E-state index is -4.81. The molecule has 1 N–H and O–H groups in total. The summed E-state index contributed by atoms with van der Waals surface area (Å²) in [5.74, 6) is -5.06. The molecular weight excluding hydrogens is 464 g/mol. The van der Waals surface area contributed by atoms with Crippen LogP contribution in [0.5, 0.6) is 0 Å². The van der Waals surface area contributed by atoms with E-state index in [2.05, 4.69) is 9.97 Å². The maximum Gasteiger partial charge on any atom is 0.417 e. The maximum absolute atomic E-state index is 14.6. The summed E-state index contributed by atoms with van der Waals surface area (Å²) in [6, 6.07) is 6.59. The predicted octanol–water partition coefficient (Wildman–Crippen LogP) is 5.99. The highest BCUT2D eigenvalue weighted by atomic mass is 35.5. The zero-order chi connectivity index (χ0) is 22.8. The number of nitrogens with one attached hydrogen (secondary N) is 1. The van der Waals surface area contributed by atoms with Gasteiger partial charge in [-0.05, 0) is 24.3 Å². The van der Waals surface area contributed by atoms with E-state index in [4.69, 9.17) is 23.2 Å². The lowest BCUT2D eigenvalue weighted by Gasteiger charge is -2.19. The number of aromatic nitrogens is 2. The second-order valence-corrected chi connectivity index (χ2v) is 7.15. The maximum atomic E-state index is 14.6. The number of rotatable bonds is 5. The average Bonchev–Trinajstić information content (AvgIpc) is 2.71. The standard InChI is InChI=1S/C20H12Cl2F5N3O/c21-15-5-6-28-9-13(15)11-7-16(22)17(29-8-11)19(23,24)10-30-18(31)12-3-1-2-4-14(12)20(25,26)27/h1-9H,10H2,(H,30,31). The van der Waals surface area contributed by atoms with Crippen LogP contribution in [0.2, 0.25) is 10.0 Å². The average molecular weight is 476 g/mol. The molecule has 0 radical (unpaired) electrons. The molecule has 0 aliphatic rings. The Kier molecular flexibility index (Phi) is 6.47. The molecule has 162 valence electrons. The first-order valence-corrected chi connectivity index (χ1v) is 9.34. The molecule has 0 fully saturated rings. The van der Waals surface area contributed by atoms with Crippen molar-refractivity contribution in [1.82, 2.24) is 15.3 Å². The van der Waals surface area contributed by atoms with Gasteiger partial charge in [-0.2, -0.15) is 22.0 Å². The van der Waals surface area contributed by atoms with Crippen molar-refractivity contribution in [1.29, 1.82) is 0 Å². The number of carbonyl (C=O) groups is 1. The fraction of sp³-hybridized carbons (Fsp3) is 0.150. The van der Waals surface area contributed by atoms with Crippen molar-refractivity contribution in [2.75, 3.05) is 6.54 Å². The molecular formula is C20H12Cl2F5N3O. The Hall–Kier alpha value is -2.78. The van der Waals surface area contributed by atoms with Crippen molar-refractivity contribution in [3.8, 4) is 11.1 Å². The second-order valence-electron chi connectivity index (χ2n) is 6.34. The number of hydrogen-bond donors (Lipinski definition) is 1. The predicted molar refractivity (Wildman–Crippen MR) is 105 cm³/mol. The second kappa shape index (κ2) is 8.76. The van der Waals surface area contributed by atoms with Gasteiger partial charge in [0.25, 0.3) is 5.91 Å². The van der Waals surface area contributed by atoms with Crippen LogP contribution in [0.4, 0.5) is 22.0 Å². The lowest BCUT2D eigenvalue weighted by atomic mass is 10.1. The Labute approximate surface area is 183 Å². The van der Waals surface area contributed by atoms with Crippen molar-refractivity contribution in [2.24, 2.45) is 0 Å². The minimum Gasteiger partial charge on any atom is -0.346 e. The molecule has 0 spiro atoms. The summed E-state index contributed by atoms with van der Waals surface area (Å²) in [4.78, 5) is 19.7. The van der Waals surface area contributed by atoms with Crippen molar-refractivity contribution < 1.29 is 26.7 Å². The summed E-state index contributed by atoms with van der Waals surface area (Å²) in [6.45, 7) is -1.31. The first-order valence-electron chi connectivity index (χ1n) is 8.59. The van der Waals surface area contributed by atoms with Crippen LogP contribution in [-0.2, 0) is 12.1 Å². The number of nitrogens with zero attached hydrogens (tertiary/aromatic N) is 2. The molecule has 11 heteroatoms. The van der Waals surface area contributed by atoms with Gasteiger partial charge in [0, 0.05) is 29.7 Å². The number of hydrogen-bond acceptors (Lipinski definition) is 3. The number of halogens is 7. The normalized spacial score (nSPS) is 12.0. The van der Waals surface area contributed by atoms with Gasteiger partial charge in [0.2, 0.25) is 0 Å². The molecule has 0 aliphatic carbocycles. The quantitative estimate of drug-likeness (QED) is 0.461. The zero-order valence-electron chi connectivity index (χ0n) is 15.4. The molecule has 3 rings (SSSR count). The van der Waals surface area contributed by atoms with Crippen LogP contribution in [0, 0.1) is 0 Å².